The fraction of sp³-hybridized carbons (Fsp3) is 0.389. The van der Waals surface area contributed by atoms with Crippen LogP contribution in [0.25, 0.3) is 0 Å². The molecule has 2 rings (SSSR count). The van der Waals surface area contributed by atoms with Gasteiger partial charge in [0.15, 0.2) is 0 Å². The van der Waals surface area contributed by atoms with Crippen LogP contribution < -0.4 is 24.2 Å². The van der Waals surface area contributed by atoms with Gasteiger partial charge in [0.05, 0.1) is 12.0 Å². The third-order valence-electron chi connectivity index (χ3n) is 3.54. The van der Waals surface area contributed by atoms with Gasteiger partial charge in [-0.25, -0.2) is 8.42 Å². The Hall–Kier alpha value is -2.66. The van der Waals surface area contributed by atoms with Gasteiger partial charge in [0.25, 0.3) is 10.0 Å². The maximum atomic E-state index is 12.5. The number of alkyl halides is 2. The van der Waals surface area contributed by atoms with Gasteiger partial charge in [-0.2, -0.15) is 13.8 Å². The molecule has 0 spiro atoms. The number of rotatable bonds is 11. The average Bonchev–Trinajstić information content (AvgIpc) is 2.65. The van der Waals surface area contributed by atoms with E-state index in [1.165, 1.54) is 19.2 Å². The van der Waals surface area contributed by atoms with Crippen molar-refractivity contribution in [3.05, 3.63) is 36.4 Å². The second-order valence-electron chi connectivity index (χ2n) is 6.12. The van der Waals surface area contributed by atoms with E-state index < -0.39 is 16.6 Å². The molecule has 1 aromatic heterocycles. The fourth-order valence-electron chi connectivity index (χ4n) is 2.24. The van der Waals surface area contributed by atoms with Gasteiger partial charge < -0.3 is 19.5 Å². The lowest BCUT2D eigenvalue weighted by atomic mass is 10.3. The molecule has 0 radical (unpaired) electrons. The van der Waals surface area contributed by atoms with Gasteiger partial charge >= 0.3 is 6.61 Å². The zero-order valence-electron chi connectivity index (χ0n) is 16.2. The Morgan fingerprint density at radius 1 is 1.10 bits per heavy atom. The quantitative estimate of drug-likeness (QED) is 0.528. The molecular weight excluding hydrogens is 408 g/mol. The Morgan fingerprint density at radius 3 is 2.38 bits per heavy atom. The van der Waals surface area contributed by atoms with Gasteiger partial charge in [0.1, 0.15) is 18.0 Å². The first-order valence-electron chi connectivity index (χ1n) is 8.70. The Labute approximate surface area is 168 Å². The van der Waals surface area contributed by atoms with Crippen LogP contribution in [0.2, 0.25) is 0 Å². The van der Waals surface area contributed by atoms with Crippen LogP contribution in [-0.4, -0.2) is 46.3 Å². The lowest BCUT2D eigenvalue weighted by Crippen LogP contribution is -2.27. The highest BCUT2D eigenvalue weighted by Gasteiger charge is 2.18. The van der Waals surface area contributed by atoms with Crippen molar-refractivity contribution in [2.75, 3.05) is 25.0 Å². The number of nitrogens with zero attached hydrogens (tertiary/aromatic N) is 1. The number of sulfonamides is 1. The lowest BCUT2D eigenvalue weighted by molar-refractivity contribution is -0.0498. The zero-order valence-corrected chi connectivity index (χ0v) is 17.0. The van der Waals surface area contributed by atoms with Gasteiger partial charge in [-0.1, -0.05) is 13.8 Å². The van der Waals surface area contributed by atoms with Crippen molar-refractivity contribution in [1.82, 2.24) is 10.3 Å². The van der Waals surface area contributed by atoms with Crippen molar-refractivity contribution in [2.24, 2.45) is 0 Å². The number of benzene rings is 1. The highest BCUT2D eigenvalue weighted by atomic mass is 32.2. The van der Waals surface area contributed by atoms with Gasteiger partial charge in [-0.3, -0.25) is 4.72 Å². The number of hydrogen-bond donors (Lipinski definition) is 2. The summed E-state index contributed by atoms with van der Waals surface area (Å²) in [5.74, 6) is 0.163. The molecule has 0 fully saturated rings. The zero-order chi connectivity index (χ0) is 21.4. The third kappa shape index (κ3) is 7.02. The van der Waals surface area contributed by atoms with Gasteiger partial charge in [0.2, 0.25) is 11.8 Å². The molecule has 0 amide bonds. The van der Waals surface area contributed by atoms with Crippen LogP contribution in [-0.2, 0) is 10.0 Å². The van der Waals surface area contributed by atoms with Crippen LogP contribution >= 0.6 is 0 Å². The third-order valence-corrected chi connectivity index (χ3v) is 4.92. The number of ether oxygens (including phenoxy) is 3. The summed E-state index contributed by atoms with van der Waals surface area (Å²) in [6, 6.07) is 7.88. The Morgan fingerprint density at radius 2 is 1.79 bits per heavy atom. The Kier molecular flexibility index (Phi) is 7.97. The second kappa shape index (κ2) is 10.2. The number of pyridine rings is 1. The van der Waals surface area contributed by atoms with E-state index in [1.54, 1.807) is 0 Å². The van der Waals surface area contributed by atoms with Crippen molar-refractivity contribution in [1.29, 1.82) is 0 Å². The summed E-state index contributed by atoms with van der Waals surface area (Å²) >= 11 is 0. The first-order valence-corrected chi connectivity index (χ1v) is 10.2. The number of aromatic nitrogens is 1. The smallest absolute Gasteiger partial charge is 0.387 e. The Bertz CT molecular complexity index is 893. The molecule has 0 bridgehead atoms. The molecule has 2 aromatic rings. The van der Waals surface area contributed by atoms with Crippen LogP contribution in [0.3, 0.4) is 0 Å². The summed E-state index contributed by atoms with van der Waals surface area (Å²) in [5.41, 5.74) is 0.105. The molecule has 2 N–H and O–H groups in total. The standard InChI is InChI=1S/C18H23F2N3O5S/c1-12(2)21-10-11-27-16-9-8-15(17(22-16)26-3)23-29(24,25)14-6-4-13(5-7-14)28-18(19)20/h4-9,12,18,21,23H,10-11H2,1-3H3. The normalized spacial score (nSPS) is 11.6. The van der Waals surface area contributed by atoms with Crippen molar-refractivity contribution in [3.8, 4) is 17.5 Å². The lowest BCUT2D eigenvalue weighted by Gasteiger charge is -2.13. The minimum atomic E-state index is -4.00. The minimum Gasteiger partial charge on any atom is -0.479 e. The summed E-state index contributed by atoms with van der Waals surface area (Å²) < 4.78 is 66.7. The molecule has 8 nitrogen and oxygen atoms in total. The molecule has 1 heterocycles. The SMILES string of the molecule is COc1nc(OCCNC(C)C)ccc1NS(=O)(=O)c1ccc(OC(F)F)cc1. The number of anilines is 1. The first kappa shape index (κ1) is 22.6. The van der Waals surface area contributed by atoms with Crippen LogP contribution in [0.1, 0.15) is 13.8 Å². The summed E-state index contributed by atoms with van der Waals surface area (Å²) in [4.78, 5) is 3.99. The molecule has 29 heavy (non-hydrogen) atoms. The summed E-state index contributed by atoms with van der Waals surface area (Å²) in [6.45, 7) is 2.05. The van der Waals surface area contributed by atoms with Crippen molar-refractivity contribution < 1.29 is 31.4 Å². The predicted octanol–water partition coefficient (Wildman–Crippen LogP) is 2.87. The summed E-state index contributed by atoms with van der Waals surface area (Å²) in [6.07, 6.45) is 0. The van der Waals surface area contributed by atoms with E-state index in [4.69, 9.17) is 9.47 Å². The van der Waals surface area contributed by atoms with E-state index in [1.807, 2.05) is 13.8 Å². The van der Waals surface area contributed by atoms with Gasteiger partial charge in [-0.05, 0) is 30.3 Å². The van der Waals surface area contributed by atoms with E-state index in [0.29, 0.717) is 19.2 Å². The largest absolute Gasteiger partial charge is 0.479 e. The molecule has 0 atom stereocenters. The van der Waals surface area contributed by atoms with E-state index in [0.717, 1.165) is 24.3 Å². The molecule has 0 saturated carbocycles. The minimum absolute atomic E-state index is 0.0283. The van der Waals surface area contributed by atoms with E-state index in [2.05, 4.69) is 19.8 Å². The van der Waals surface area contributed by atoms with E-state index >= 15 is 0 Å². The van der Waals surface area contributed by atoms with Crippen LogP contribution in [0.4, 0.5) is 14.5 Å². The monoisotopic (exact) mass is 431 g/mol. The molecule has 0 unspecified atom stereocenters. The van der Waals surface area contributed by atoms with Crippen LogP contribution in [0, 0.1) is 0 Å². The van der Waals surface area contributed by atoms with E-state index in [-0.39, 0.29) is 28.1 Å². The molecule has 0 saturated heterocycles. The highest BCUT2D eigenvalue weighted by Crippen LogP contribution is 2.28. The summed E-state index contributed by atoms with van der Waals surface area (Å²) in [5, 5.41) is 3.19. The predicted molar refractivity (Wildman–Crippen MR) is 103 cm³/mol. The molecule has 160 valence electrons. The molecule has 0 aliphatic heterocycles. The highest BCUT2D eigenvalue weighted by molar-refractivity contribution is 7.92. The average molecular weight is 431 g/mol. The number of hydrogen-bond acceptors (Lipinski definition) is 7. The van der Waals surface area contributed by atoms with Gasteiger partial charge in [0, 0.05) is 18.7 Å². The first-order chi connectivity index (χ1) is 13.7. The van der Waals surface area contributed by atoms with Gasteiger partial charge in [-0.15, -0.1) is 0 Å². The fourth-order valence-corrected chi connectivity index (χ4v) is 3.30. The number of nitrogens with one attached hydrogen (secondary N) is 2. The van der Waals surface area contributed by atoms with Crippen LogP contribution in [0.15, 0.2) is 41.3 Å². The number of halogens is 2. The number of methoxy groups -OCH3 is 1. The molecular formula is C18H23F2N3O5S. The van der Waals surface area contributed by atoms with Crippen molar-refractivity contribution >= 4 is 15.7 Å². The van der Waals surface area contributed by atoms with E-state index in [9.17, 15) is 17.2 Å². The van der Waals surface area contributed by atoms with Crippen molar-refractivity contribution in [3.63, 3.8) is 0 Å². The molecule has 11 heteroatoms. The molecule has 0 aliphatic rings. The maximum absolute atomic E-state index is 12.5. The van der Waals surface area contributed by atoms with Crippen LogP contribution in [0.5, 0.6) is 17.5 Å². The van der Waals surface area contributed by atoms with Crippen molar-refractivity contribution in [2.45, 2.75) is 31.4 Å². The molecule has 0 aliphatic carbocycles. The molecule has 1 aromatic carbocycles. The Balaban J connectivity index is 2.09. The summed E-state index contributed by atoms with van der Waals surface area (Å²) in [7, 11) is -2.65. The maximum Gasteiger partial charge on any atom is 0.387 e. The second-order valence-corrected chi connectivity index (χ2v) is 7.80. The topological polar surface area (TPSA) is 98.8 Å².